The van der Waals surface area contributed by atoms with Crippen LogP contribution in [0.4, 0.5) is 0 Å². The minimum atomic E-state index is -0.215. The number of Topliss-reactive ketones (excluding diaryl/α,β-unsaturated/α-hetero) is 1. The lowest BCUT2D eigenvalue weighted by atomic mass is 9.99. The molecule has 0 aliphatic heterocycles. The highest BCUT2D eigenvalue weighted by molar-refractivity contribution is 5.86. The molecule has 2 aromatic carbocycles. The highest BCUT2D eigenvalue weighted by atomic mass is 16.1. The number of imidazole rings is 1. The van der Waals surface area contributed by atoms with E-state index in [1.54, 1.807) is 12.5 Å². The van der Waals surface area contributed by atoms with E-state index in [4.69, 9.17) is 0 Å². The second-order valence-corrected chi connectivity index (χ2v) is 6.25. The summed E-state index contributed by atoms with van der Waals surface area (Å²) in [6, 6.07) is 18.1. The van der Waals surface area contributed by atoms with Crippen molar-refractivity contribution in [1.82, 2.24) is 15.3 Å². The van der Waals surface area contributed by atoms with Crippen molar-refractivity contribution in [2.24, 2.45) is 0 Å². The fourth-order valence-electron chi connectivity index (χ4n) is 2.82. The van der Waals surface area contributed by atoms with Crippen molar-refractivity contribution in [2.45, 2.75) is 18.9 Å². The molecule has 26 heavy (non-hydrogen) atoms. The van der Waals surface area contributed by atoms with Gasteiger partial charge >= 0.3 is 0 Å². The summed E-state index contributed by atoms with van der Waals surface area (Å²) in [6.45, 7) is 0. The first-order valence-corrected chi connectivity index (χ1v) is 8.74. The highest BCUT2D eigenvalue weighted by Gasteiger charge is 2.17. The lowest BCUT2D eigenvalue weighted by Gasteiger charge is -2.14. The van der Waals surface area contributed by atoms with Gasteiger partial charge in [0.1, 0.15) is 0 Å². The summed E-state index contributed by atoms with van der Waals surface area (Å²) < 4.78 is 0. The molecule has 0 aliphatic rings. The maximum Gasteiger partial charge on any atom is 0.154 e. The minimum Gasteiger partial charge on any atom is -0.348 e. The van der Waals surface area contributed by atoms with E-state index in [-0.39, 0.29) is 11.8 Å². The maximum atomic E-state index is 12.6. The average molecular weight is 345 g/mol. The van der Waals surface area contributed by atoms with Gasteiger partial charge in [-0.05, 0) is 23.7 Å². The Labute approximate surface area is 154 Å². The number of rotatable bonds is 8. The third-order valence-corrected chi connectivity index (χ3v) is 4.34. The fraction of sp³-hybridized carbons (Fsp3) is 0.182. The van der Waals surface area contributed by atoms with Crippen molar-refractivity contribution in [1.29, 1.82) is 0 Å². The molecule has 0 bridgehead atoms. The Balaban J connectivity index is 1.59. The SMILES string of the molecule is CN[C@@H](Cc1cnc[nH]1)C(=O)Cc1ccc(/C=C/c2ccccc2)cc1. The molecule has 3 aromatic rings. The van der Waals surface area contributed by atoms with E-state index >= 15 is 0 Å². The second-order valence-electron chi connectivity index (χ2n) is 6.25. The average Bonchev–Trinajstić information content (AvgIpc) is 3.19. The lowest BCUT2D eigenvalue weighted by molar-refractivity contribution is -0.120. The second kappa shape index (κ2) is 8.92. The number of nitrogens with zero attached hydrogens (tertiary/aromatic N) is 1. The topological polar surface area (TPSA) is 57.8 Å². The van der Waals surface area contributed by atoms with E-state index in [1.807, 2.05) is 49.5 Å². The summed E-state index contributed by atoms with van der Waals surface area (Å²) in [5.74, 6) is 0.176. The molecule has 132 valence electrons. The molecule has 0 amide bonds. The van der Waals surface area contributed by atoms with Crippen LogP contribution in [0.2, 0.25) is 0 Å². The number of aromatic nitrogens is 2. The van der Waals surface area contributed by atoms with Crippen LogP contribution in [0.3, 0.4) is 0 Å². The van der Waals surface area contributed by atoms with Crippen molar-refractivity contribution in [3.05, 3.63) is 89.5 Å². The fourth-order valence-corrected chi connectivity index (χ4v) is 2.82. The zero-order valence-electron chi connectivity index (χ0n) is 14.9. The molecule has 0 saturated carbocycles. The van der Waals surface area contributed by atoms with Gasteiger partial charge in [0, 0.05) is 24.7 Å². The van der Waals surface area contributed by atoms with Gasteiger partial charge in [-0.1, -0.05) is 66.7 Å². The third kappa shape index (κ3) is 5.01. The van der Waals surface area contributed by atoms with Gasteiger partial charge < -0.3 is 10.3 Å². The van der Waals surface area contributed by atoms with E-state index in [0.29, 0.717) is 12.8 Å². The monoisotopic (exact) mass is 345 g/mol. The van der Waals surface area contributed by atoms with Crippen LogP contribution in [0.25, 0.3) is 12.2 Å². The van der Waals surface area contributed by atoms with Crippen LogP contribution >= 0.6 is 0 Å². The zero-order valence-corrected chi connectivity index (χ0v) is 14.9. The number of hydrogen-bond acceptors (Lipinski definition) is 3. The van der Waals surface area contributed by atoms with Crippen molar-refractivity contribution < 1.29 is 4.79 Å². The van der Waals surface area contributed by atoms with Crippen molar-refractivity contribution >= 4 is 17.9 Å². The molecule has 3 rings (SSSR count). The predicted octanol–water partition coefficient (Wildman–Crippen LogP) is 3.52. The Hall–Kier alpha value is -2.98. The molecular weight excluding hydrogens is 322 g/mol. The molecular formula is C22H23N3O. The quantitative estimate of drug-likeness (QED) is 0.614. The Bertz CT molecular complexity index is 837. The number of carbonyl (C=O) groups is 1. The van der Waals surface area contributed by atoms with Gasteiger partial charge in [-0.25, -0.2) is 4.98 Å². The van der Waals surface area contributed by atoms with Gasteiger partial charge in [0.05, 0.1) is 12.4 Å². The first-order chi connectivity index (χ1) is 12.7. The van der Waals surface area contributed by atoms with E-state index in [9.17, 15) is 4.79 Å². The lowest BCUT2D eigenvalue weighted by Crippen LogP contribution is -2.37. The van der Waals surface area contributed by atoms with Gasteiger partial charge in [0.15, 0.2) is 5.78 Å². The van der Waals surface area contributed by atoms with Crippen molar-refractivity contribution in [3.8, 4) is 0 Å². The molecule has 0 aliphatic carbocycles. The molecule has 1 aromatic heterocycles. The van der Waals surface area contributed by atoms with E-state index in [0.717, 1.165) is 16.8 Å². The van der Waals surface area contributed by atoms with Crippen LogP contribution in [0, 0.1) is 0 Å². The minimum absolute atomic E-state index is 0.176. The predicted molar refractivity (Wildman–Crippen MR) is 106 cm³/mol. The molecule has 0 radical (unpaired) electrons. The third-order valence-electron chi connectivity index (χ3n) is 4.34. The number of H-pyrrole nitrogens is 1. The molecule has 1 atom stereocenters. The molecule has 4 nitrogen and oxygen atoms in total. The first kappa shape index (κ1) is 17.8. The normalized spacial score (nSPS) is 12.3. The molecule has 0 unspecified atom stereocenters. The van der Waals surface area contributed by atoms with Gasteiger partial charge in [-0.15, -0.1) is 0 Å². The highest BCUT2D eigenvalue weighted by Crippen LogP contribution is 2.11. The standard InChI is InChI=1S/C22H23N3O/c1-23-21(14-20-15-24-16-25-20)22(26)13-19-11-9-18(10-12-19)8-7-17-5-3-2-4-6-17/h2-12,15-16,21,23H,13-14H2,1H3,(H,24,25)/b8-7+/t21-/m0/s1. The summed E-state index contributed by atoms with van der Waals surface area (Å²) in [4.78, 5) is 19.6. The van der Waals surface area contributed by atoms with Crippen LogP contribution in [0.1, 0.15) is 22.4 Å². The van der Waals surface area contributed by atoms with Crippen LogP contribution in [0.5, 0.6) is 0 Å². The Morgan fingerprint density at radius 3 is 2.38 bits per heavy atom. The summed E-state index contributed by atoms with van der Waals surface area (Å²) in [6.07, 6.45) is 8.59. The van der Waals surface area contributed by atoms with E-state index in [1.165, 1.54) is 5.56 Å². The van der Waals surface area contributed by atoms with E-state index in [2.05, 4.69) is 39.6 Å². The van der Waals surface area contributed by atoms with Gasteiger partial charge in [0.2, 0.25) is 0 Å². The van der Waals surface area contributed by atoms with Gasteiger partial charge in [-0.3, -0.25) is 4.79 Å². The zero-order chi connectivity index (χ0) is 18.2. The summed E-state index contributed by atoms with van der Waals surface area (Å²) in [5, 5.41) is 3.10. The Kier molecular flexibility index (Phi) is 6.12. The maximum absolute atomic E-state index is 12.6. The van der Waals surface area contributed by atoms with E-state index < -0.39 is 0 Å². The first-order valence-electron chi connectivity index (χ1n) is 8.74. The van der Waals surface area contributed by atoms with Crippen molar-refractivity contribution in [3.63, 3.8) is 0 Å². The number of nitrogens with one attached hydrogen (secondary N) is 2. The van der Waals surface area contributed by atoms with Crippen LogP contribution in [0.15, 0.2) is 67.1 Å². The number of carbonyl (C=O) groups excluding carboxylic acids is 1. The van der Waals surface area contributed by atoms with Gasteiger partial charge in [0.25, 0.3) is 0 Å². The smallest absolute Gasteiger partial charge is 0.154 e. The molecule has 1 heterocycles. The molecule has 0 spiro atoms. The summed E-state index contributed by atoms with van der Waals surface area (Å²) in [5.41, 5.74) is 4.27. The number of hydrogen-bond donors (Lipinski definition) is 2. The number of aromatic amines is 1. The Morgan fingerprint density at radius 1 is 1.08 bits per heavy atom. The molecule has 4 heteroatoms. The molecule has 0 saturated heterocycles. The summed E-state index contributed by atoms with van der Waals surface area (Å²) in [7, 11) is 1.82. The Morgan fingerprint density at radius 2 is 1.77 bits per heavy atom. The van der Waals surface area contributed by atoms with Gasteiger partial charge in [-0.2, -0.15) is 0 Å². The number of ketones is 1. The molecule has 0 fully saturated rings. The van der Waals surface area contributed by atoms with Crippen LogP contribution < -0.4 is 5.32 Å². The number of likely N-dealkylation sites (N-methyl/N-ethyl adjacent to an activating group) is 1. The largest absolute Gasteiger partial charge is 0.348 e. The van der Waals surface area contributed by atoms with Crippen LogP contribution in [-0.4, -0.2) is 28.8 Å². The van der Waals surface area contributed by atoms with Crippen molar-refractivity contribution in [2.75, 3.05) is 7.05 Å². The van der Waals surface area contributed by atoms with Crippen LogP contribution in [-0.2, 0) is 17.6 Å². The molecule has 2 N–H and O–H groups in total. The summed E-state index contributed by atoms with van der Waals surface area (Å²) >= 11 is 0. The number of benzene rings is 2.